The van der Waals surface area contributed by atoms with E-state index in [9.17, 15) is 13.2 Å². The maximum Gasteiger partial charge on any atom is 0.183 e. The zero-order valence-corrected chi connectivity index (χ0v) is 16.3. The van der Waals surface area contributed by atoms with Gasteiger partial charge in [0.1, 0.15) is 0 Å². The van der Waals surface area contributed by atoms with Gasteiger partial charge in [-0.25, -0.2) is 13.2 Å². The Labute approximate surface area is 153 Å². The minimum absolute atomic E-state index is 0.00324. The molecule has 0 saturated carbocycles. The second-order valence-corrected chi connectivity index (χ2v) is 6.34. The van der Waals surface area contributed by atoms with E-state index in [1.165, 1.54) is 0 Å². The van der Waals surface area contributed by atoms with Gasteiger partial charge in [0.15, 0.2) is 17.4 Å². The summed E-state index contributed by atoms with van der Waals surface area (Å²) in [5, 5.41) is 10.4. The molecule has 0 aromatic carbocycles. The zero-order chi connectivity index (χ0) is 18.0. The molecule has 0 aliphatic rings. The molecule has 10 heteroatoms. The Bertz CT molecular complexity index is 333. The van der Waals surface area contributed by atoms with Crippen LogP contribution >= 0.6 is 37.9 Å². The largest absolute Gasteiger partial charge is 0.313 e. The van der Waals surface area contributed by atoms with E-state index in [0.717, 1.165) is 0 Å². The summed E-state index contributed by atoms with van der Waals surface area (Å²) in [6.45, 7) is 3.87. The SMILES string of the molecule is CCNCC(F)(CS)NC[C@](F)(CS)NC[C@](F)(CS)NCC. The van der Waals surface area contributed by atoms with Crippen LogP contribution in [-0.4, -0.2) is 67.4 Å². The summed E-state index contributed by atoms with van der Waals surface area (Å²) in [5.41, 5.74) is 0. The zero-order valence-electron chi connectivity index (χ0n) is 13.6. The molecule has 0 fully saturated rings. The molecule has 0 rings (SSSR count). The van der Waals surface area contributed by atoms with Crippen LogP contribution in [0.1, 0.15) is 13.8 Å². The first-order valence-corrected chi connectivity index (χ1v) is 9.47. The summed E-state index contributed by atoms with van der Waals surface area (Å²) >= 11 is 11.8. The monoisotopic (exact) mass is 394 g/mol. The van der Waals surface area contributed by atoms with E-state index in [4.69, 9.17) is 0 Å². The molecule has 0 radical (unpaired) electrons. The molecule has 0 aliphatic carbocycles. The number of likely N-dealkylation sites (N-methyl/N-ethyl adjacent to an activating group) is 2. The highest BCUT2D eigenvalue weighted by atomic mass is 32.1. The number of halogens is 3. The molecule has 23 heavy (non-hydrogen) atoms. The fourth-order valence-corrected chi connectivity index (χ4v) is 2.43. The highest BCUT2D eigenvalue weighted by Gasteiger charge is 2.37. The van der Waals surface area contributed by atoms with Crippen molar-refractivity contribution >= 4 is 37.9 Å². The molecule has 0 saturated heterocycles. The summed E-state index contributed by atoms with van der Waals surface area (Å²) in [4.78, 5) is 0. The lowest BCUT2D eigenvalue weighted by molar-refractivity contribution is 0.0570. The van der Waals surface area contributed by atoms with Crippen molar-refractivity contribution in [3.05, 3.63) is 0 Å². The van der Waals surface area contributed by atoms with E-state index in [1.807, 2.05) is 6.92 Å². The average molecular weight is 395 g/mol. The molecule has 0 spiro atoms. The van der Waals surface area contributed by atoms with Gasteiger partial charge in [0.2, 0.25) is 0 Å². The van der Waals surface area contributed by atoms with Gasteiger partial charge in [0.05, 0.1) is 0 Å². The Balaban J connectivity index is 4.64. The third-order valence-electron chi connectivity index (χ3n) is 3.27. The Kier molecular flexibility index (Phi) is 11.7. The smallest absolute Gasteiger partial charge is 0.183 e. The van der Waals surface area contributed by atoms with Crippen LogP contribution in [0.3, 0.4) is 0 Å². The first-order valence-electron chi connectivity index (χ1n) is 7.57. The van der Waals surface area contributed by atoms with Crippen LogP contribution in [-0.2, 0) is 0 Å². The molecule has 0 bridgehead atoms. The van der Waals surface area contributed by atoms with Crippen molar-refractivity contribution in [2.24, 2.45) is 0 Å². The van der Waals surface area contributed by atoms with Crippen molar-refractivity contribution in [1.29, 1.82) is 0 Å². The first kappa shape index (κ1) is 23.7. The third-order valence-corrected chi connectivity index (χ3v) is 4.78. The van der Waals surface area contributed by atoms with Crippen molar-refractivity contribution in [2.75, 3.05) is 50.0 Å². The second kappa shape index (κ2) is 11.3. The maximum atomic E-state index is 14.7. The number of nitrogens with one attached hydrogen (secondary N) is 4. The van der Waals surface area contributed by atoms with Gasteiger partial charge < -0.3 is 5.32 Å². The molecule has 4 nitrogen and oxygen atoms in total. The van der Waals surface area contributed by atoms with Gasteiger partial charge in [0, 0.05) is 36.9 Å². The van der Waals surface area contributed by atoms with E-state index in [2.05, 4.69) is 59.2 Å². The Morgan fingerprint density at radius 3 is 1.39 bits per heavy atom. The predicted octanol–water partition coefficient (Wildman–Crippen LogP) is 1.17. The van der Waals surface area contributed by atoms with Gasteiger partial charge in [-0.1, -0.05) is 13.8 Å². The lowest BCUT2D eigenvalue weighted by Gasteiger charge is -2.34. The van der Waals surface area contributed by atoms with Crippen molar-refractivity contribution in [3.63, 3.8) is 0 Å². The fourth-order valence-electron chi connectivity index (χ4n) is 1.76. The standard InChI is InChI=1S/C13H29F3N4S3/c1-3-17-5-11(14,8-21)19-7-13(16,10-23)20-6-12(15,9-22)18-4-2/h17-23H,3-10H2,1-2H3/t11?,12-,13-/m1/s1. The Hall–Kier alpha value is 0.680. The van der Waals surface area contributed by atoms with Gasteiger partial charge in [-0.15, -0.1) is 0 Å². The number of rotatable bonds is 14. The van der Waals surface area contributed by atoms with Crippen LogP contribution in [0.15, 0.2) is 0 Å². The van der Waals surface area contributed by atoms with E-state index >= 15 is 0 Å². The van der Waals surface area contributed by atoms with Crippen molar-refractivity contribution in [1.82, 2.24) is 21.3 Å². The van der Waals surface area contributed by atoms with Gasteiger partial charge >= 0.3 is 0 Å². The summed E-state index contributed by atoms with van der Waals surface area (Å²) in [6.07, 6.45) is 0. The quantitative estimate of drug-likeness (QED) is 0.179. The lowest BCUT2D eigenvalue weighted by Crippen LogP contribution is -2.62. The molecule has 1 unspecified atom stereocenters. The van der Waals surface area contributed by atoms with Gasteiger partial charge in [0.25, 0.3) is 0 Å². The molecule has 140 valence electrons. The summed E-state index contributed by atoms with van der Waals surface area (Å²) in [7, 11) is 0. The molecule has 4 N–H and O–H groups in total. The minimum atomic E-state index is -2.06. The third kappa shape index (κ3) is 9.08. The number of hydrogen-bond acceptors (Lipinski definition) is 7. The van der Waals surface area contributed by atoms with Gasteiger partial charge in [-0.2, -0.15) is 37.9 Å². The van der Waals surface area contributed by atoms with Gasteiger partial charge in [-0.3, -0.25) is 16.0 Å². The Morgan fingerprint density at radius 1 is 0.652 bits per heavy atom. The number of alkyl halides is 3. The van der Waals surface area contributed by atoms with Crippen LogP contribution in [0.5, 0.6) is 0 Å². The minimum Gasteiger partial charge on any atom is -0.313 e. The Morgan fingerprint density at radius 2 is 1.04 bits per heavy atom. The average Bonchev–Trinajstić information content (AvgIpc) is 2.56. The summed E-state index contributed by atoms with van der Waals surface area (Å²) in [6, 6.07) is 0. The van der Waals surface area contributed by atoms with Crippen LogP contribution in [0.25, 0.3) is 0 Å². The van der Waals surface area contributed by atoms with Gasteiger partial charge in [-0.05, 0) is 13.1 Å². The molecule has 0 amide bonds. The molecule has 0 aliphatic heterocycles. The molecular formula is C13H29F3N4S3. The highest BCUT2D eigenvalue weighted by molar-refractivity contribution is 7.80. The van der Waals surface area contributed by atoms with E-state index in [-0.39, 0.29) is 36.9 Å². The van der Waals surface area contributed by atoms with E-state index in [0.29, 0.717) is 13.1 Å². The highest BCUT2D eigenvalue weighted by Crippen LogP contribution is 2.16. The summed E-state index contributed by atoms with van der Waals surface area (Å²) < 4.78 is 43.5. The van der Waals surface area contributed by atoms with Crippen LogP contribution in [0, 0.1) is 0 Å². The molecule has 0 aromatic rings. The lowest BCUT2D eigenvalue weighted by atomic mass is 10.2. The molecule has 0 heterocycles. The first-order chi connectivity index (χ1) is 10.7. The predicted molar refractivity (Wildman–Crippen MR) is 101 cm³/mol. The number of hydrogen-bond donors (Lipinski definition) is 7. The van der Waals surface area contributed by atoms with Crippen LogP contribution in [0.4, 0.5) is 13.2 Å². The molecule has 0 aromatic heterocycles. The van der Waals surface area contributed by atoms with Crippen molar-refractivity contribution < 1.29 is 13.2 Å². The molecular weight excluding hydrogens is 365 g/mol. The normalized spacial score (nSPS) is 19.8. The van der Waals surface area contributed by atoms with Crippen molar-refractivity contribution in [3.8, 4) is 0 Å². The van der Waals surface area contributed by atoms with E-state index in [1.54, 1.807) is 6.92 Å². The molecule has 3 atom stereocenters. The van der Waals surface area contributed by atoms with Crippen molar-refractivity contribution in [2.45, 2.75) is 31.2 Å². The number of thiol groups is 3. The van der Waals surface area contributed by atoms with E-state index < -0.39 is 17.4 Å². The van der Waals surface area contributed by atoms with Crippen LogP contribution in [0.2, 0.25) is 0 Å². The topological polar surface area (TPSA) is 48.1 Å². The summed E-state index contributed by atoms with van der Waals surface area (Å²) in [5.74, 6) is -6.25. The second-order valence-electron chi connectivity index (χ2n) is 5.39. The fraction of sp³-hybridized carbons (Fsp3) is 1.00. The maximum absolute atomic E-state index is 14.7. The van der Waals surface area contributed by atoms with Crippen LogP contribution < -0.4 is 21.3 Å².